The van der Waals surface area contributed by atoms with Crippen LogP contribution in [0.2, 0.25) is 0 Å². The molecule has 0 amide bonds. The van der Waals surface area contributed by atoms with Gasteiger partial charge in [-0.1, -0.05) is 13.8 Å². The Labute approximate surface area is 105 Å². The zero-order valence-electron chi connectivity index (χ0n) is 12.0. The second kappa shape index (κ2) is 5.23. The highest BCUT2D eigenvalue weighted by Crippen LogP contribution is 2.27. The molecule has 1 unspecified atom stereocenters. The van der Waals surface area contributed by atoms with Crippen LogP contribution in [0.25, 0.3) is 0 Å². The fourth-order valence-electron chi connectivity index (χ4n) is 2.18. The second-order valence-corrected chi connectivity index (χ2v) is 5.83. The van der Waals surface area contributed by atoms with E-state index >= 15 is 0 Å². The fraction of sp³-hybridized carbons (Fsp3) is 0.714. The summed E-state index contributed by atoms with van der Waals surface area (Å²) in [6.45, 7) is 12.3. The van der Waals surface area contributed by atoms with Crippen molar-refractivity contribution in [2.45, 2.75) is 40.7 Å². The summed E-state index contributed by atoms with van der Waals surface area (Å²) in [5.74, 6) is 2.00. The first kappa shape index (κ1) is 14.3. The maximum Gasteiger partial charge on any atom is 0.105 e. The molecule has 1 rings (SSSR count). The Morgan fingerprint density at radius 2 is 2.00 bits per heavy atom. The van der Waals surface area contributed by atoms with Gasteiger partial charge in [0.25, 0.3) is 0 Å². The number of aryl methyl sites for hydroxylation is 2. The summed E-state index contributed by atoms with van der Waals surface area (Å²) in [6.07, 6.45) is 0. The molecule has 1 atom stereocenters. The minimum Gasteiger partial charge on any atom is -0.466 e. The van der Waals surface area contributed by atoms with E-state index in [0.29, 0.717) is 12.6 Å². The van der Waals surface area contributed by atoms with Gasteiger partial charge in [0.2, 0.25) is 0 Å². The molecular weight excluding hydrogens is 212 g/mol. The molecule has 0 aliphatic heterocycles. The Balaban J connectivity index is 2.76. The van der Waals surface area contributed by atoms with Crippen molar-refractivity contribution in [3.05, 3.63) is 23.2 Å². The number of nitrogens with zero attached hydrogens (tertiary/aromatic N) is 1. The highest BCUT2D eigenvalue weighted by Gasteiger charge is 2.23. The number of hydrogen-bond donors (Lipinski definition) is 1. The highest BCUT2D eigenvalue weighted by atomic mass is 16.3. The molecule has 98 valence electrons. The molecule has 0 aromatic carbocycles. The van der Waals surface area contributed by atoms with Crippen molar-refractivity contribution < 1.29 is 4.42 Å². The summed E-state index contributed by atoms with van der Waals surface area (Å²) in [5.41, 5.74) is 7.21. The molecule has 0 aliphatic carbocycles. The van der Waals surface area contributed by atoms with Crippen molar-refractivity contribution in [3.63, 3.8) is 0 Å². The molecule has 1 aromatic rings. The normalized spacial score (nSPS) is 14.4. The molecule has 1 heterocycles. The zero-order valence-corrected chi connectivity index (χ0v) is 12.0. The van der Waals surface area contributed by atoms with E-state index in [2.05, 4.69) is 38.8 Å². The molecule has 3 heteroatoms. The van der Waals surface area contributed by atoms with E-state index in [9.17, 15) is 0 Å². The van der Waals surface area contributed by atoms with Gasteiger partial charge < -0.3 is 10.2 Å². The van der Waals surface area contributed by atoms with Crippen LogP contribution in [0.5, 0.6) is 0 Å². The molecule has 0 bridgehead atoms. The predicted octanol–water partition coefficient (Wildman–Crippen LogP) is 2.87. The lowest BCUT2D eigenvalue weighted by Crippen LogP contribution is -2.37. The van der Waals surface area contributed by atoms with E-state index in [-0.39, 0.29) is 5.41 Å². The molecule has 0 saturated carbocycles. The molecule has 0 fully saturated rings. The van der Waals surface area contributed by atoms with Crippen molar-refractivity contribution in [1.29, 1.82) is 0 Å². The standard InChI is InChI=1S/C14H26N2O/c1-10-7-13(12(3)17-10)11(2)16(6)9-14(4,5)8-15/h7,11H,8-9,15H2,1-6H3. The summed E-state index contributed by atoms with van der Waals surface area (Å²) in [5, 5.41) is 0. The third kappa shape index (κ3) is 3.58. The molecule has 0 radical (unpaired) electrons. The summed E-state index contributed by atoms with van der Waals surface area (Å²) in [6, 6.07) is 2.49. The molecule has 0 spiro atoms. The van der Waals surface area contributed by atoms with E-state index < -0.39 is 0 Å². The average molecular weight is 238 g/mol. The Morgan fingerprint density at radius 1 is 1.41 bits per heavy atom. The second-order valence-electron chi connectivity index (χ2n) is 5.83. The van der Waals surface area contributed by atoms with Crippen molar-refractivity contribution >= 4 is 0 Å². The number of rotatable bonds is 5. The van der Waals surface area contributed by atoms with Crippen LogP contribution in [-0.2, 0) is 0 Å². The first-order chi connectivity index (χ1) is 7.76. The van der Waals surface area contributed by atoms with E-state index in [0.717, 1.165) is 18.1 Å². The summed E-state index contributed by atoms with van der Waals surface area (Å²) >= 11 is 0. The maximum atomic E-state index is 5.78. The Kier molecular flexibility index (Phi) is 4.39. The van der Waals surface area contributed by atoms with Crippen LogP contribution >= 0.6 is 0 Å². The zero-order chi connectivity index (χ0) is 13.2. The van der Waals surface area contributed by atoms with Crippen molar-refractivity contribution in [3.8, 4) is 0 Å². The average Bonchev–Trinajstić information content (AvgIpc) is 2.56. The lowest BCUT2D eigenvalue weighted by atomic mass is 9.92. The third-order valence-corrected chi connectivity index (χ3v) is 3.42. The quantitative estimate of drug-likeness (QED) is 0.857. The highest BCUT2D eigenvalue weighted by molar-refractivity contribution is 5.23. The van der Waals surface area contributed by atoms with Crippen LogP contribution in [0.1, 0.15) is 43.9 Å². The van der Waals surface area contributed by atoms with Gasteiger partial charge in [0.15, 0.2) is 0 Å². The van der Waals surface area contributed by atoms with Crippen LogP contribution in [0.4, 0.5) is 0 Å². The lowest BCUT2D eigenvalue weighted by molar-refractivity contribution is 0.173. The first-order valence-electron chi connectivity index (χ1n) is 6.24. The topological polar surface area (TPSA) is 42.4 Å². The minimum atomic E-state index is 0.149. The third-order valence-electron chi connectivity index (χ3n) is 3.42. The van der Waals surface area contributed by atoms with Crippen LogP contribution in [0.3, 0.4) is 0 Å². The van der Waals surface area contributed by atoms with Gasteiger partial charge in [0, 0.05) is 18.2 Å². The fourth-order valence-corrected chi connectivity index (χ4v) is 2.18. The molecule has 17 heavy (non-hydrogen) atoms. The van der Waals surface area contributed by atoms with Crippen LogP contribution in [0.15, 0.2) is 10.5 Å². The van der Waals surface area contributed by atoms with Gasteiger partial charge in [-0.2, -0.15) is 0 Å². The van der Waals surface area contributed by atoms with Gasteiger partial charge >= 0.3 is 0 Å². The molecule has 3 nitrogen and oxygen atoms in total. The number of hydrogen-bond acceptors (Lipinski definition) is 3. The van der Waals surface area contributed by atoms with E-state index in [4.69, 9.17) is 10.2 Å². The van der Waals surface area contributed by atoms with Crippen LogP contribution in [0, 0.1) is 19.3 Å². The summed E-state index contributed by atoms with van der Waals surface area (Å²) < 4.78 is 5.59. The van der Waals surface area contributed by atoms with E-state index in [1.807, 2.05) is 13.8 Å². The van der Waals surface area contributed by atoms with Crippen molar-refractivity contribution in [2.75, 3.05) is 20.1 Å². The van der Waals surface area contributed by atoms with Gasteiger partial charge in [0.05, 0.1) is 0 Å². The van der Waals surface area contributed by atoms with E-state index in [1.165, 1.54) is 5.56 Å². The van der Waals surface area contributed by atoms with Crippen LogP contribution in [-0.4, -0.2) is 25.0 Å². The van der Waals surface area contributed by atoms with Gasteiger partial charge in [0.1, 0.15) is 11.5 Å². The van der Waals surface area contributed by atoms with Gasteiger partial charge in [-0.15, -0.1) is 0 Å². The number of furan rings is 1. The molecule has 1 aromatic heterocycles. The largest absolute Gasteiger partial charge is 0.466 e. The SMILES string of the molecule is Cc1cc(C(C)N(C)CC(C)(C)CN)c(C)o1. The minimum absolute atomic E-state index is 0.149. The smallest absolute Gasteiger partial charge is 0.105 e. The number of nitrogens with two attached hydrogens (primary N) is 1. The van der Waals surface area contributed by atoms with Gasteiger partial charge in [-0.05, 0) is 45.8 Å². The Hall–Kier alpha value is -0.800. The van der Waals surface area contributed by atoms with Crippen LogP contribution < -0.4 is 5.73 Å². The van der Waals surface area contributed by atoms with Crippen molar-refractivity contribution in [1.82, 2.24) is 4.90 Å². The van der Waals surface area contributed by atoms with Crippen molar-refractivity contribution in [2.24, 2.45) is 11.1 Å². The Bertz CT molecular complexity index is 368. The summed E-state index contributed by atoms with van der Waals surface area (Å²) in [4.78, 5) is 2.34. The molecular formula is C14H26N2O. The predicted molar refractivity (Wildman–Crippen MR) is 72.1 cm³/mol. The Morgan fingerprint density at radius 3 is 2.41 bits per heavy atom. The monoisotopic (exact) mass is 238 g/mol. The first-order valence-corrected chi connectivity index (χ1v) is 6.24. The lowest BCUT2D eigenvalue weighted by Gasteiger charge is -2.32. The summed E-state index contributed by atoms with van der Waals surface area (Å²) in [7, 11) is 2.14. The molecule has 0 aliphatic rings. The molecule has 0 saturated heterocycles. The van der Waals surface area contributed by atoms with Gasteiger partial charge in [-0.3, -0.25) is 4.90 Å². The van der Waals surface area contributed by atoms with E-state index in [1.54, 1.807) is 0 Å². The van der Waals surface area contributed by atoms with Gasteiger partial charge in [-0.25, -0.2) is 0 Å². The maximum absolute atomic E-state index is 5.78. The molecule has 2 N–H and O–H groups in total.